The minimum atomic E-state index is -0.688. The van der Waals surface area contributed by atoms with Gasteiger partial charge in [0.05, 0.1) is 29.0 Å². The van der Waals surface area contributed by atoms with Gasteiger partial charge in [-0.25, -0.2) is 14.2 Å². The highest BCUT2D eigenvalue weighted by Crippen LogP contribution is 2.26. The number of esters is 1. The number of nitrogens with zero attached hydrogens (tertiary/aromatic N) is 2. The van der Waals surface area contributed by atoms with Gasteiger partial charge in [-0.3, -0.25) is 9.36 Å². The summed E-state index contributed by atoms with van der Waals surface area (Å²) < 4.78 is 20.9. The molecular weight excluding hydrogens is 415 g/mol. The summed E-state index contributed by atoms with van der Waals surface area (Å²) in [6, 6.07) is 15.1. The van der Waals surface area contributed by atoms with Crippen LogP contribution in [0.25, 0.3) is 12.2 Å². The summed E-state index contributed by atoms with van der Waals surface area (Å²) in [5.41, 5.74) is 1.67. The second kappa shape index (κ2) is 8.65. The Kier molecular flexibility index (Phi) is 5.77. The lowest BCUT2D eigenvalue weighted by atomic mass is 10.0. The predicted octanol–water partition coefficient (Wildman–Crippen LogP) is 3.21. The Bertz CT molecular complexity index is 1380. The maximum absolute atomic E-state index is 14.1. The molecule has 4 rings (SSSR count). The number of fused-ring (bicyclic) bond motifs is 1. The fourth-order valence-corrected chi connectivity index (χ4v) is 4.46. The zero-order valence-corrected chi connectivity index (χ0v) is 17.7. The Balaban J connectivity index is 1.90. The van der Waals surface area contributed by atoms with Crippen molar-refractivity contribution >= 4 is 29.5 Å². The first kappa shape index (κ1) is 20.7. The van der Waals surface area contributed by atoms with Crippen molar-refractivity contribution in [2.45, 2.75) is 13.0 Å². The molecule has 1 unspecified atom stereocenters. The zero-order valence-electron chi connectivity index (χ0n) is 16.9. The number of carbonyl (C=O) groups is 1. The van der Waals surface area contributed by atoms with Crippen LogP contribution in [0, 0.1) is 5.82 Å². The fourth-order valence-electron chi connectivity index (χ4n) is 3.42. The Morgan fingerprint density at radius 2 is 1.87 bits per heavy atom. The third kappa shape index (κ3) is 4.04. The van der Waals surface area contributed by atoms with Crippen LogP contribution in [0.5, 0.6) is 0 Å². The molecule has 3 aromatic rings. The highest BCUT2D eigenvalue weighted by Gasteiger charge is 2.30. The van der Waals surface area contributed by atoms with Crippen molar-refractivity contribution in [3.8, 4) is 0 Å². The van der Waals surface area contributed by atoms with Crippen molar-refractivity contribution in [1.29, 1.82) is 0 Å². The van der Waals surface area contributed by atoms with Crippen LogP contribution in [0.3, 0.4) is 0 Å². The van der Waals surface area contributed by atoms with Crippen LogP contribution in [0.4, 0.5) is 4.39 Å². The molecule has 2 aromatic carbocycles. The summed E-state index contributed by atoms with van der Waals surface area (Å²) in [4.78, 5) is 30.7. The average Bonchev–Trinajstić information content (AvgIpc) is 3.08. The van der Waals surface area contributed by atoms with E-state index in [0.29, 0.717) is 26.2 Å². The number of carbonyl (C=O) groups excluding carboxylic acids is 1. The van der Waals surface area contributed by atoms with Crippen LogP contribution in [0.15, 0.2) is 81.7 Å². The fraction of sp³-hybridized carbons (Fsp3) is 0.125. The quantitative estimate of drug-likeness (QED) is 0.593. The molecule has 0 bridgehead atoms. The molecule has 1 aliphatic heterocycles. The number of benzene rings is 2. The van der Waals surface area contributed by atoms with Gasteiger partial charge in [-0.05, 0) is 24.6 Å². The van der Waals surface area contributed by atoms with Crippen LogP contribution in [0.2, 0.25) is 0 Å². The Morgan fingerprint density at radius 3 is 2.58 bits per heavy atom. The average molecular weight is 434 g/mol. The molecule has 0 fully saturated rings. The molecule has 31 heavy (non-hydrogen) atoms. The van der Waals surface area contributed by atoms with E-state index >= 15 is 0 Å². The van der Waals surface area contributed by atoms with E-state index in [4.69, 9.17) is 4.74 Å². The normalized spacial score (nSPS) is 16.4. The summed E-state index contributed by atoms with van der Waals surface area (Å²) in [6.07, 6.45) is 5.14. The van der Waals surface area contributed by atoms with Crippen LogP contribution >= 0.6 is 11.3 Å². The van der Waals surface area contributed by atoms with Crippen molar-refractivity contribution in [3.63, 3.8) is 0 Å². The summed E-state index contributed by atoms with van der Waals surface area (Å²) in [6.45, 7) is 1.71. The van der Waals surface area contributed by atoms with Crippen molar-refractivity contribution in [3.05, 3.63) is 109 Å². The molecule has 0 aliphatic carbocycles. The van der Waals surface area contributed by atoms with Crippen LogP contribution in [0.1, 0.15) is 24.1 Å². The van der Waals surface area contributed by atoms with E-state index in [1.54, 1.807) is 31.2 Å². The van der Waals surface area contributed by atoms with Gasteiger partial charge in [-0.15, -0.1) is 0 Å². The third-order valence-electron chi connectivity index (χ3n) is 4.93. The minimum Gasteiger partial charge on any atom is -0.466 e. The van der Waals surface area contributed by atoms with Crippen LogP contribution < -0.4 is 14.9 Å². The van der Waals surface area contributed by atoms with E-state index < -0.39 is 17.8 Å². The molecule has 2 heterocycles. The monoisotopic (exact) mass is 434 g/mol. The lowest BCUT2D eigenvalue weighted by Crippen LogP contribution is -2.38. The second-order valence-electron chi connectivity index (χ2n) is 6.91. The molecule has 1 atom stereocenters. The number of allylic oxidation sites excluding steroid dienone is 2. The number of ether oxygens (including phenoxy) is 1. The SMILES string of the molecule is COC(=O)C1=C(C)N=c2s/c(=C\c3ccccc3F)c(=O)n2C1/C=C/c1ccccc1. The summed E-state index contributed by atoms with van der Waals surface area (Å²) in [7, 11) is 1.30. The smallest absolute Gasteiger partial charge is 0.338 e. The Hall–Kier alpha value is -3.58. The molecule has 0 amide bonds. The molecule has 1 aromatic heterocycles. The first-order valence-corrected chi connectivity index (χ1v) is 10.4. The van der Waals surface area contributed by atoms with E-state index in [0.717, 1.165) is 16.9 Å². The number of thiazole rings is 1. The first-order valence-electron chi connectivity index (χ1n) is 9.58. The van der Waals surface area contributed by atoms with E-state index in [9.17, 15) is 14.0 Å². The summed E-state index contributed by atoms with van der Waals surface area (Å²) in [5.74, 6) is -0.965. The molecule has 156 valence electrons. The third-order valence-corrected chi connectivity index (χ3v) is 5.91. The number of methoxy groups -OCH3 is 1. The number of hydrogen-bond acceptors (Lipinski definition) is 5. The Morgan fingerprint density at radius 1 is 1.16 bits per heavy atom. The highest BCUT2D eigenvalue weighted by molar-refractivity contribution is 7.07. The maximum atomic E-state index is 14.1. The van der Waals surface area contributed by atoms with Crippen molar-refractivity contribution in [2.75, 3.05) is 7.11 Å². The van der Waals surface area contributed by atoms with Crippen molar-refractivity contribution in [1.82, 2.24) is 4.57 Å². The van der Waals surface area contributed by atoms with Gasteiger partial charge in [0.25, 0.3) is 5.56 Å². The van der Waals surface area contributed by atoms with Gasteiger partial charge in [-0.1, -0.05) is 72.0 Å². The minimum absolute atomic E-state index is 0.291. The number of halogens is 1. The largest absolute Gasteiger partial charge is 0.466 e. The lowest BCUT2D eigenvalue weighted by Gasteiger charge is -2.21. The lowest BCUT2D eigenvalue weighted by molar-refractivity contribution is -0.136. The van der Waals surface area contributed by atoms with Gasteiger partial charge in [0, 0.05) is 5.56 Å². The van der Waals surface area contributed by atoms with Crippen LogP contribution in [-0.4, -0.2) is 17.6 Å². The van der Waals surface area contributed by atoms with E-state index in [-0.39, 0.29) is 5.56 Å². The van der Waals surface area contributed by atoms with Gasteiger partial charge >= 0.3 is 5.97 Å². The first-order chi connectivity index (χ1) is 15.0. The van der Waals surface area contributed by atoms with Crippen molar-refractivity contribution in [2.24, 2.45) is 4.99 Å². The predicted molar refractivity (Wildman–Crippen MR) is 119 cm³/mol. The molecule has 0 radical (unpaired) electrons. The van der Waals surface area contributed by atoms with E-state index in [1.165, 1.54) is 23.8 Å². The van der Waals surface area contributed by atoms with E-state index in [1.807, 2.05) is 36.4 Å². The molecule has 0 N–H and O–H groups in total. The van der Waals surface area contributed by atoms with Crippen molar-refractivity contribution < 1.29 is 13.9 Å². The van der Waals surface area contributed by atoms with Gasteiger partial charge in [0.2, 0.25) is 0 Å². The molecule has 0 spiro atoms. The molecule has 0 saturated heterocycles. The summed E-state index contributed by atoms with van der Waals surface area (Å²) in [5, 5.41) is 0. The summed E-state index contributed by atoms with van der Waals surface area (Å²) >= 11 is 1.16. The molecule has 1 aliphatic rings. The maximum Gasteiger partial charge on any atom is 0.338 e. The van der Waals surface area contributed by atoms with E-state index in [2.05, 4.69) is 4.99 Å². The Labute approximate surface area is 181 Å². The molecule has 5 nitrogen and oxygen atoms in total. The molecule has 0 saturated carbocycles. The number of hydrogen-bond donors (Lipinski definition) is 0. The zero-order chi connectivity index (χ0) is 22.0. The number of aromatic nitrogens is 1. The number of rotatable bonds is 4. The van der Waals surface area contributed by atoms with Gasteiger partial charge in [-0.2, -0.15) is 0 Å². The van der Waals surface area contributed by atoms with Gasteiger partial charge in [0.15, 0.2) is 4.80 Å². The highest BCUT2D eigenvalue weighted by atomic mass is 32.1. The topological polar surface area (TPSA) is 60.7 Å². The van der Waals surface area contributed by atoms with Crippen LogP contribution in [-0.2, 0) is 9.53 Å². The van der Waals surface area contributed by atoms with Gasteiger partial charge in [0.1, 0.15) is 5.82 Å². The molecule has 7 heteroatoms. The standard InChI is InChI=1S/C24H19FN2O3S/c1-15-21(23(29)30-2)19(13-12-16-8-4-3-5-9-16)27-22(28)20(31-24(27)26-15)14-17-10-6-7-11-18(17)25/h3-14,19H,1-2H3/b13-12+,20-14-. The molecular formula is C24H19FN2O3S. The van der Waals surface area contributed by atoms with Gasteiger partial charge < -0.3 is 4.74 Å². The second-order valence-corrected chi connectivity index (χ2v) is 7.92.